The monoisotopic (exact) mass is 366 g/mol. The maximum atomic E-state index is 12.4. The Morgan fingerprint density at radius 1 is 1.17 bits per heavy atom. The van der Waals surface area contributed by atoms with Gasteiger partial charge in [0, 0.05) is 7.05 Å². The van der Waals surface area contributed by atoms with Crippen LogP contribution in [0.15, 0.2) is 53.4 Å². The van der Waals surface area contributed by atoms with E-state index in [0.29, 0.717) is 11.4 Å². The van der Waals surface area contributed by atoms with E-state index in [4.69, 9.17) is 16.3 Å². The van der Waals surface area contributed by atoms with E-state index >= 15 is 0 Å². The van der Waals surface area contributed by atoms with Crippen molar-refractivity contribution in [1.29, 1.82) is 0 Å². The van der Waals surface area contributed by atoms with Crippen molar-refractivity contribution >= 4 is 33.2 Å². The number of fused-ring (bicyclic) bond motifs is 1. The van der Waals surface area contributed by atoms with Crippen LogP contribution in [0.4, 0.5) is 5.69 Å². The molecule has 1 aliphatic rings. The average molecular weight is 367 g/mol. The van der Waals surface area contributed by atoms with E-state index in [0.717, 1.165) is 0 Å². The number of nitrogens with zero attached hydrogens (tertiary/aromatic N) is 1. The molecule has 0 saturated carbocycles. The molecular weight excluding hydrogens is 352 g/mol. The van der Waals surface area contributed by atoms with Crippen molar-refractivity contribution in [2.24, 2.45) is 0 Å². The van der Waals surface area contributed by atoms with Crippen molar-refractivity contribution in [2.75, 3.05) is 18.5 Å². The van der Waals surface area contributed by atoms with Gasteiger partial charge in [-0.3, -0.25) is 4.79 Å². The molecule has 1 heterocycles. The lowest BCUT2D eigenvalue weighted by atomic mass is 10.2. The second kappa shape index (κ2) is 6.43. The molecule has 2 aromatic rings. The van der Waals surface area contributed by atoms with Gasteiger partial charge in [0.1, 0.15) is 10.6 Å². The number of ether oxygens (including phenoxy) is 1. The first-order chi connectivity index (χ1) is 11.4. The minimum Gasteiger partial charge on any atom is -0.477 e. The summed E-state index contributed by atoms with van der Waals surface area (Å²) in [5, 5.41) is 0.114. The highest BCUT2D eigenvalue weighted by molar-refractivity contribution is 7.89. The lowest BCUT2D eigenvalue weighted by Gasteiger charge is -2.31. The largest absolute Gasteiger partial charge is 0.477 e. The van der Waals surface area contributed by atoms with Gasteiger partial charge in [0.2, 0.25) is 10.0 Å². The first kappa shape index (κ1) is 16.8. The van der Waals surface area contributed by atoms with Crippen LogP contribution in [0.3, 0.4) is 0 Å². The fourth-order valence-corrected chi connectivity index (χ4v) is 3.98. The molecule has 1 amide bonds. The fourth-order valence-electron chi connectivity index (χ4n) is 2.43. The molecule has 0 spiro atoms. The van der Waals surface area contributed by atoms with Crippen LogP contribution in [0.25, 0.3) is 0 Å². The van der Waals surface area contributed by atoms with Crippen LogP contribution >= 0.6 is 11.6 Å². The molecule has 1 unspecified atom stereocenters. The molecule has 1 atom stereocenters. The van der Waals surface area contributed by atoms with E-state index in [2.05, 4.69) is 4.72 Å². The van der Waals surface area contributed by atoms with E-state index in [1.54, 1.807) is 43.4 Å². The van der Waals surface area contributed by atoms with Gasteiger partial charge in [-0.25, -0.2) is 13.1 Å². The molecule has 6 nitrogen and oxygen atoms in total. The number of carbonyl (C=O) groups is 1. The third kappa shape index (κ3) is 3.10. The van der Waals surface area contributed by atoms with Crippen molar-refractivity contribution in [3.63, 3.8) is 0 Å². The summed E-state index contributed by atoms with van der Waals surface area (Å²) in [6, 6.07) is 13.2. The number of hydrogen-bond donors (Lipinski definition) is 1. The summed E-state index contributed by atoms with van der Waals surface area (Å²) in [7, 11) is -2.22. The van der Waals surface area contributed by atoms with Gasteiger partial charge in [-0.2, -0.15) is 0 Å². The zero-order chi connectivity index (χ0) is 17.3. The molecular formula is C16H15ClN2O4S. The second-order valence-electron chi connectivity index (χ2n) is 5.25. The van der Waals surface area contributed by atoms with Gasteiger partial charge in [0.15, 0.2) is 6.10 Å². The van der Waals surface area contributed by atoms with E-state index in [1.807, 2.05) is 0 Å². The highest BCUT2D eigenvalue weighted by Crippen LogP contribution is 2.32. The SMILES string of the molecule is CN1C(=O)C(CNS(=O)(=O)c2ccccc2Cl)Oc2ccccc21. The quantitative estimate of drug-likeness (QED) is 0.898. The molecule has 126 valence electrons. The average Bonchev–Trinajstić information content (AvgIpc) is 2.57. The molecule has 24 heavy (non-hydrogen) atoms. The van der Waals surface area contributed by atoms with Crippen LogP contribution in [0.5, 0.6) is 5.75 Å². The van der Waals surface area contributed by atoms with Crippen LogP contribution in [0.2, 0.25) is 5.02 Å². The zero-order valence-corrected chi connectivity index (χ0v) is 14.3. The van der Waals surface area contributed by atoms with Gasteiger partial charge in [0.25, 0.3) is 5.91 Å². The highest BCUT2D eigenvalue weighted by Gasteiger charge is 2.33. The number of benzene rings is 2. The number of para-hydroxylation sites is 2. The molecule has 0 fully saturated rings. The Labute approximate surface area is 145 Å². The minimum atomic E-state index is -3.84. The van der Waals surface area contributed by atoms with E-state index in [1.165, 1.54) is 17.0 Å². The number of sulfonamides is 1. The topological polar surface area (TPSA) is 75.7 Å². The number of carbonyl (C=O) groups excluding carboxylic acids is 1. The van der Waals surface area contributed by atoms with Crippen molar-refractivity contribution in [1.82, 2.24) is 4.72 Å². The van der Waals surface area contributed by atoms with Crippen LogP contribution in [0.1, 0.15) is 0 Å². The molecule has 0 radical (unpaired) electrons. The van der Waals surface area contributed by atoms with Gasteiger partial charge in [0.05, 0.1) is 17.3 Å². The Balaban J connectivity index is 1.78. The molecule has 8 heteroatoms. The van der Waals surface area contributed by atoms with E-state index < -0.39 is 16.1 Å². The first-order valence-electron chi connectivity index (χ1n) is 7.17. The predicted octanol–water partition coefficient (Wildman–Crippen LogP) is 2.04. The standard InChI is InChI=1S/C16H15ClN2O4S/c1-19-12-7-3-4-8-13(12)23-14(16(19)20)10-18-24(21,22)15-9-5-2-6-11(15)17/h2-9,14,18H,10H2,1H3. The number of amides is 1. The van der Waals surface area contributed by atoms with Gasteiger partial charge in [-0.15, -0.1) is 0 Å². The normalized spacial score (nSPS) is 17.3. The number of nitrogens with one attached hydrogen (secondary N) is 1. The smallest absolute Gasteiger partial charge is 0.269 e. The molecule has 0 aliphatic carbocycles. The molecule has 3 rings (SSSR count). The Morgan fingerprint density at radius 2 is 1.83 bits per heavy atom. The Bertz CT molecular complexity index is 885. The van der Waals surface area contributed by atoms with Crippen molar-refractivity contribution in [3.8, 4) is 5.75 Å². The summed E-state index contributed by atoms with van der Waals surface area (Å²) >= 11 is 5.92. The zero-order valence-electron chi connectivity index (χ0n) is 12.8. The predicted molar refractivity (Wildman–Crippen MR) is 90.9 cm³/mol. The number of rotatable bonds is 4. The van der Waals surface area contributed by atoms with Crippen molar-refractivity contribution < 1.29 is 17.9 Å². The number of halogens is 1. The van der Waals surface area contributed by atoms with Crippen molar-refractivity contribution in [2.45, 2.75) is 11.0 Å². The summed E-state index contributed by atoms with van der Waals surface area (Å²) in [5.74, 6) is 0.206. The third-order valence-electron chi connectivity index (χ3n) is 3.69. The number of likely N-dealkylation sites (N-methyl/N-ethyl adjacent to an activating group) is 1. The molecule has 0 bridgehead atoms. The molecule has 0 saturated heterocycles. The van der Waals surface area contributed by atoms with Gasteiger partial charge in [-0.05, 0) is 24.3 Å². The Morgan fingerprint density at radius 3 is 2.58 bits per heavy atom. The van der Waals surface area contributed by atoms with Crippen molar-refractivity contribution in [3.05, 3.63) is 53.6 Å². The molecule has 0 aromatic heterocycles. The third-order valence-corrected chi connectivity index (χ3v) is 5.61. The number of anilines is 1. The van der Waals surface area contributed by atoms with E-state index in [-0.39, 0.29) is 22.4 Å². The summed E-state index contributed by atoms with van der Waals surface area (Å²) < 4.78 is 32.7. The lowest BCUT2D eigenvalue weighted by molar-refractivity contribution is -0.125. The van der Waals surface area contributed by atoms with Gasteiger partial charge in [-0.1, -0.05) is 35.9 Å². The van der Waals surface area contributed by atoms with Crippen LogP contribution in [-0.4, -0.2) is 34.0 Å². The number of hydrogen-bond acceptors (Lipinski definition) is 4. The molecule has 2 aromatic carbocycles. The Kier molecular flexibility index (Phi) is 4.49. The first-order valence-corrected chi connectivity index (χ1v) is 9.04. The fraction of sp³-hybridized carbons (Fsp3) is 0.188. The second-order valence-corrected chi connectivity index (χ2v) is 7.40. The minimum absolute atomic E-state index is 0.0383. The maximum Gasteiger partial charge on any atom is 0.269 e. The summed E-state index contributed by atoms with van der Waals surface area (Å²) in [6.45, 7) is -0.189. The van der Waals surface area contributed by atoms with Gasteiger partial charge < -0.3 is 9.64 Å². The highest BCUT2D eigenvalue weighted by atomic mass is 35.5. The summed E-state index contributed by atoms with van der Waals surface area (Å²) in [6.07, 6.45) is -0.942. The van der Waals surface area contributed by atoms with Gasteiger partial charge >= 0.3 is 0 Å². The summed E-state index contributed by atoms with van der Waals surface area (Å²) in [4.78, 5) is 13.8. The van der Waals surface area contributed by atoms with Crippen LogP contribution in [-0.2, 0) is 14.8 Å². The van der Waals surface area contributed by atoms with E-state index in [9.17, 15) is 13.2 Å². The molecule has 1 N–H and O–H groups in total. The van der Waals surface area contributed by atoms with Crippen LogP contribution < -0.4 is 14.4 Å². The Hall–Kier alpha value is -2.09. The molecule has 1 aliphatic heterocycles. The summed E-state index contributed by atoms with van der Waals surface area (Å²) in [5.41, 5.74) is 0.646. The lowest BCUT2D eigenvalue weighted by Crippen LogP contribution is -2.49. The maximum absolute atomic E-state index is 12.4. The van der Waals surface area contributed by atoms with Crippen LogP contribution in [0, 0.1) is 0 Å².